The second kappa shape index (κ2) is 2.86. The molecule has 0 saturated carbocycles. The van der Waals surface area contributed by atoms with Gasteiger partial charge in [0.15, 0.2) is 0 Å². The van der Waals surface area contributed by atoms with Gasteiger partial charge in [0.2, 0.25) is 5.91 Å². The van der Waals surface area contributed by atoms with Gasteiger partial charge in [0, 0.05) is 20.0 Å². The highest BCUT2D eigenvalue weighted by Gasteiger charge is 2.19. The van der Waals surface area contributed by atoms with Crippen LogP contribution in [0.1, 0.15) is 12.8 Å². The fourth-order valence-electron chi connectivity index (χ4n) is 1.24. The number of piperidine rings is 1. The van der Waals surface area contributed by atoms with Gasteiger partial charge in [-0.15, -0.1) is 6.58 Å². The zero-order valence-electron chi connectivity index (χ0n) is 6.34. The first-order chi connectivity index (χ1) is 4.74. The summed E-state index contributed by atoms with van der Waals surface area (Å²) in [5, 5.41) is 0. The molecular weight excluding hydrogens is 126 g/mol. The van der Waals surface area contributed by atoms with Crippen molar-refractivity contribution < 1.29 is 4.79 Å². The Balaban J connectivity index is 2.48. The molecule has 2 nitrogen and oxygen atoms in total. The predicted molar refractivity (Wildman–Crippen MR) is 40.6 cm³/mol. The lowest BCUT2D eigenvalue weighted by atomic mass is 9.98. The highest BCUT2D eigenvalue weighted by Crippen LogP contribution is 2.16. The van der Waals surface area contributed by atoms with Gasteiger partial charge in [0.1, 0.15) is 0 Å². The minimum absolute atomic E-state index is 0.262. The monoisotopic (exact) mass is 139 g/mol. The third-order valence-corrected chi connectivity index (χ3v) is 2.00. The molecule has 0 bridgehead atoms. The van der Waals surface area contributed by atoms with E-state index in [0.29, 0.717) is 12.3 Å². The van der Waals surface area contributed by atoms with E-state index in [4.69, 9.17) is 0 Å². The SMILES string of the molecule is C=CC1CCC(=O)N(C)C1. The van der Waals surface area contributed by atoms with Crippen LogP contribution in [0.15, 0.2) is 12.7 Å². The van der Waals surface area contributed by atoms with Crippen molar-refractivity contribution in [3.63, 3.8) is 0 Å². The molecule has 0 N–H and O–H groups in total. The summed E-state index contributed by atoms with van der Waals surface area (Å²) >= 11 is 0. The van der Waals surface area contributed by atoms with E-state index in [1.165, 1.54) is 0 Å². The first-order valence-electron chi connectivity index (χ1n) is 3.60. The summed E-state index contributed by atoms with van der Waals surface area (Å²) in [6.45, 7) is 4.56. The summed E-state index contributed by atoms with van der Waals surface area (Å²) in [5.74, 6) is 0.779. The van der Waals surface area contributed by atoms with Gasteiger partial charge in [-0.2, -0.15) is 0 Å². The van der Waals surface area contributed by atoms with E-state index in [-0.39, 0.29) is 5.91 Å². The van der Waals surface area contributed by atoms with Gasteiger partial charge in [0.25, 0.3) is 0 Å². The minimum Gasteiger partial charge on any atom is -0.345 e. The van der Waals surface area contributed by atoms with Crippen LogP contribution in [-0.2, 0) is 4.79 Å². The van der Waals surface area contributed by atoms with Gasteiger partial charge in [-0.1, -0.05) is 6.08 Å². The number of rotatable bonds is 1. The molecule has 56 valence electrons. The number of hydrogen-bond acceptors (Lipinski definition) is 1. The van der Waals surface area contributed by atoms with Crippen molar-refractivity contribution in [3.8, 4) is 0 Å². The van der Waals surface area contributed by atoms with Crippen LogP contribution in [0.2, 0.25) is 0 Å². The normalized spacial score (nSPS) is 26.7. The summed E-state index contributed by atoms with van der Waals surface area (Å²) < 4.78 is 0. The molecule has 0 aliphatic carbocycles. The molecule has 10 heavy (non-hydrogen) atoms. The number of nitrogens with zero attached hydrogens (tertiary/aromatic N) is 1. The number of amides is 1. The van der Waals surface area contributed by atoms with Crippen LogP contribution < -0.4 is 0 Å². The van der Waals surface area contributed by atoms with E-state index in [9.17, 15) is 4.79 Å². The number of likely N-dealkylation sites (tertiary alicyclic amines) is 1. The smallest absolute Gasteiger partial charge is 0.222 e. The first-order valence-corrected chi connectivity index (χ1v) is 3.60. The Kier molecular flexibility index (Phi) is 2.10. The van der Waals surface area contributed by atoms with Crippen LogP contribution in [0, 0.1) is 5.92 Å². The van der Waals surface area contributed by atoms with Gasteiger partial charge in [-0.25, -0.2) is 0 Å². The summed E-state index contributed by atoms with van der Waals surface area (Å²) in [6, 6.07) is 0. The van der Waals surface area contributed by atoms with Crippen molar-refractivity contribution in [1.82, 2.24) is 4.90 Å². The van der Waals surface area contributed by atoms with Gasteiger partial charge in [-0.3, -0.25) is 4.79 Å². The van der Waals surface area contributed by atoms with Gasteiger partial charge in [0.05, 0.1) is 0 Å². The van der Waals surface area contributed by atoms with Gasteiger partial charge in [-0.05, 0) is 12.3 Å². The van der Waals surface area contributed by atoms with Crippen LogP contribution in [-0.4, -0.2) is 24.4 Å². The maximum absolute atomic E-state index is 10.9. The Labute approximate surface area is 61.5 Å². The molecule has 1 fully saturated rings. The molecule has 0 radical (unpaired) electrons. The lowest BCUT2D eigenvalue weighted by Gasteiger charge is -2.27. The number of carbonyl (C=O) groups excluding carboxylic acids is 1. The summed E-state index contributed by atoms with van der Waals surface area (Å²) in [5.41, 5.74) is 0. The van der Waals surface area contributed by atoms with Crippen molar-refractivity contribution in [3.05, 3.63) is 12.7 Å². The second-order valence-corrected chi connectivity index (χ2v) is 2.81. The second-order valence-electron chi connectivity index (χ2n) is 2.81. The van der Waals surface area contributed by atoms with Crippen molar-refractivity contribution >= 4 is 5.91 Å². The molecule has 2 heteroatoms. The van der Waals surface area contributed by atoms with Crippen LogP contribution in [0.25, 0.3) is 0 Å². The maximum Gasteiger partial charge on any atom is 0.222 e. The third kappa shape index (κ3) is 1.38. The molecule has 1 aliphatic heterocycles. The molecule has 1 atom stereocenters. The zero-order chi connectivity index (χ0) is 7.56. The molecule has 0 spiro atoms. The maximum atomic E-state index is 10.9. The van der Waals surface area contributed by atoms with Crippen LogP contribution in [0.4, 0.5) is 0 Å². The van der Waals surface area contributed by atoms with Gasteiger partial charge >= 0.3 is 0 Å². The van der Waals surface area contributed by atoms with Gasteiger partial charge < -0.3 is 4.90 Å². The highest BCUT2D eigenvalue weighted by molar-refractivity contribution is 5.76. The minimum atomic E-state index is 0.262. The zero-order valence-corrected chi connectivity index (χ0v) is 6.34. The topological polar surface area (TPSA) is 20.3 Å². The molecule has 1 aliphatic rings. The fourth-order valence-corrected chi connectivity index (χ4v) is 1.24. The van der Waals surface area contributed by atoms with E-state index >= 15 is 0 Å². The Hall–Kier alpha value is -0.790. The number of hydrogen-bond donors (Lipinski definition) is 0. The Morgan fingerprint density at radius 3 is 3.00 bits per heavy atom. The summed E-state index contributed by atoms with van der Waals surface area (Å²) in [4.78, 5) is 12.7. The average Bonchev–Trinajstić information content (AvgIpc) is 1.95. The molecule has 1 heterocycles. The molecular formula is C8H13NO. The Bertz CT molecular complexity index is 153. The molecule has 1 rings (SSSR count). The molecule has 1 unspecified atom stereocenters. The van der Waals surface area contributed by atoms with Crippen molar-refractivity contribution in [2.75, 3.05) is 13.6 Å². The standard InChI is InChI=1S/C8H13NO/c1-3-7-4-5-8(10)9(2)6-7/h3,7H,1,4-6H2,2H3. The summed E-state index contributed by atoms with van der Waals surface area (Å²) in [6.07, 6.45) is 3.60. The van der Waals surface area contributed by atoms with Crippen LogP contribution in [0.5, 0.6) is 0 Å². The molecule has 0 aromatic heterocycles. The molecule has 1 amide bonds. The third-order valence-electron chi connectivity index (χ3n) is 2.00. The Morgan fingerprint density at radius 2 is 2.50 bits per heavy atom. The molecule has 0 aromatic rings. The largest absolute Gasteiger partial charge is 0.345 e. The number of carbonyl (C=O) groups is 1. The summed E-state index contributed by atoms with van der Waals surface area (Å²) in [7, 11) is 1.85. The molecule has 0 aromatic carbocycles. The quantitative estimate of drug-likeness (QED) is 0.497. The van der Waals surface area contributed by atoms with E-state index in [2.05, 4.69) is 6.58 Å². The van der Waals surface area contributed by atoms with Crippen molar-refractivity contribution in [2.24, 2.45) is 5.92 Å². The average molecular weight is 139 g/mol. The van der Waals surface area contributed by atoms with Crippen LogP contribution in [0.3, 0.4) is 0 Å². The highest BCUT2D eigenvalue weighted by atomic mass is 16.2. The van der Waals surface area contributed by atoms with Crippen molar-refractivity contribution in [1.29, 1.82) is 0 Å². The predicted octanol–water partition coefficient (Wildman–Crippen LogP) is 1.04. The lowest BCUT2D eigenvalue weighted by Crippen LogP contribution is -2.35. The first kappa shape index (κ1) is 7.32. The van der Waals surface area contributed by atoms with E-state index in [0.717, 1.165) is 13.0 Å². The fraction of sp³-hybridized carbons (Fsp3) is 0.625. The van der Waals surface area contributed by atoms with Crippen molar-refractivity contribution in [2.45, 2.75) is 12.8 Å². The van der Waals surface area contributed by atoms with E-state index in [1.807, 2.05) is 13.1 Å². The molecule has 1 saturated heterocycles. The Morgan fingerprint density at radius 1 is 1.80 bits per heavy atom. The lowest BCUT2D eigenvalue weighted by molar-refractivity contribution is -0.132. The van der Waals surface area contributed by atoms with E-state index in [1.54, 1.807) is 4.90 Å². The van der Waals surface area contributed by atoms with Crippen LogP contribution >= 0.6 is 0 Å². The van der Waals surface area contributed by atoms with E-state index < -0.39 is 0 Å².